The third-order valence-electron chi connectivity index (χ3n) is 3.38. The molecule has 0 amide bonds. The van der Waals surface area contributed by atoms with Gasteiger partial charge in [0, 0.05) is 23.5 Å². The first-order valence-corrected chi connectivity index (χ1v) is 6.93. The Kier molecular flexibility index (Phi) is 4.14. The standard InChI is InChI=1S/C17H16N2O4/c1-20-13-8-12(9-14(21-2)16(13)22-3)17-19-10-15(23-17)11-4-6-18-7-5-11/h4-10H,1-3H3. The molecule has 0 saturated heterocycles. The van der Waals surface area contributed by atoms with Gasteiger partial charge in [0.15, 0.2) is 17.3 Å². The summed E-state index contributed by atoms with van der Waals surface area (Å²) in [5.41, 5.74) is 1.64. The number of hydrogen-bond acceptors (Lipinski definition) is 6. The van der Waals surface area contributed by atoms with Crippen LogP contribution in [0.15, 0.2) is 47.3 Å². The number of hydrogen-bond donors (Lipinski definition) is 0. The van der Waals surface area contributed by atoms with Crippen LogP contribution in [-0.2, 0) is 0 Å². The summed E-state index contributed by atoms with van der Waals surface area (Å²) < 4.78 is 21.9. The minimum atomic E-state index is 0.469. The van der Waals surface area contributed by atoms with E-state index < -0.39 is 0 Å². The molecule has 2 aromatic heterocycles. The average Bonchev–Trinajstić information content (AvgIpc) is 3.11. The molecule has 0 bridgehead atoms. The van der Waals surface area contributed by atoms with Crippen LogP contribution in [0, 0.1) is 0 Å². The van der Waals surface area contributed by atoms with Crippen molar-refractivity contribution in [3.8, 4) is 40.0 Å². The average molecular weight is 312 g/mol. The van der Waals surface area contributed by atoms with E-state index in [0.29, 0.717) is 28.9 Å². The van der Waals surface area contributed by atoms with E-state index in [4.69, 9.17) is 18.6 Å². The number of ether oxygens (including phenoxy) is 3. The number of methoxy groups -OCH3 is 3. The van der Waals surface area contributed by atoms with E-state index in [-0.39, 0.29) is 0 Å². The topological polar surface area (TPSA) is 66.6 Å². The molecule has 0 aliphatic rings. The van der Waals surface area contributed by atoms with E-state index in [1.807, 2.05) is 12.1 Å². The second-order valence-electron chi connectivity index (χ2n) is 4.68. The maximum absolute atomic E-state index is 5.84. The lowest BCUT2D eigenvalue weighted by Crippen LogP contribution is -1.95. The summed E-state index contributed by atoms with van der Waals surface area (Å²) in [6.07, 6.45) is 5.09. The summed E-state index contributed by atoms with van der Waals surface area (Å²) in [6.45, 7) is 0. The third-order valence-corrected chi connectivity index (χ3v) is 3.38. The number of pyridine rings is 1. The molecule has 23 heavy (non-hydrogen) atoms. The highest BCUT2D eigenvalue weighted by molar-refractivity contribution is 5.67. The largest absolute Gasteiger partial charge is 0.493 e. The van der Waals surface area contributed by atoms with Gasteiger partial charge in [0.25, 0.3) is 0 Å². The van der Waals surface area contributed by atoms with Crippen molar-refractivity contribution < 1.29 is 18.6 Å². The van der Waals surface area contributed by atoms with Crippen molar-refractivity contribution in [1.29, 1.82) is 0 Å². The van der Waals surface area contributed by atoms with Crippen LogP contribution in [0.1, 0.15) is 0 Å². The van der Waals surface area contributed by atoms with Crippen LogP contribution in [0.4, 0.5) is 0 Å². The predicted molar refractivity (Wildman–Crippen MR) is 84.8 cm³/mol. The Hall–Kier alpha value is -3.02. The predicted octanol–water partition coefficient (Wildman–Crippen LogP) is 3.43. The normalized spacial score (nSPS) is 10.4. The number of oxazole rings is 1. The Bertz CT molecular complexity index is 774. The minimum absolute atomic E-state index is 0.469. The SMILES string of the molecule is COc1cc(-c2ncc(-c3ccncc3)o2)cc(OC)c1OC. The van der Waals surface area contributed by atoms with E-state index in [1.165, 1.54) is 0 Å². The molecule has 0 N–H and O–H groups in total. The second-order valence-corrected chi connectivity index (χ2v) is 4.68. The molecule has 0 spiro atoms. The van der Waals surface area contributed by atoms with Crippen LogP contribution in [0.2, 0.25) is 0 Å². The first-order chi connectivity index (χ1) is 11.3. The van der Waals surface area contributed by atoms with Gasteiger partial charge in [-0.2, -0.15) is 0 Å². The zero-order valence-corrected chi connectivity index (χ0v) is 13.1. The Balaban J connectivity index is 2.04. The lowest BCUT2D eigenvalue weighted by atomic mass is 10.2. The zero-order chi connectivity index (χ0) is 16.2. The lowest BCUT2D eigenvalue weighted by molar-refractivity contribution is 0.324. The van der Waals surface area contributed by atoms with Gasteiger partial charge < -0.3 is 18.6 Å². The third kappa shape index (κ3) is 2.83. The van der Waals surface area contributed by atoms with Crippen LogP contribution >= 0.6 is 0 Å². The van der Waals surface area contributed by atoms with Crippen molar-refractivity contribution in [3.63, 3.8) is 0 Å². The summed E-state index contributed by atoms with van der Waals surface area (Å²) in [6, 6.07) is 7.31. The molecule has 1 aromatic carbocycles. The van der Waals surface area contributed by atoms with Gasteiger partial charge in [0.2, 0.25) is 11.6 Å². The highest BCUT2D eigenvalue weighted by Gasteiger charge is 2.17. The fourth-order valence-corrected chi connectivity index (χ4v) is 2.26. The Morgan fingerprint density at radius 2 is 1.52 bits per heavy atom. The molecule has 0 radical (unpaired) electrons. The molecular formula is C17H16N2O4. The van der Waals surface area contributed by atoms with Gasteiger partial charge in [-0.05, 0) is 24.3 Å². The van der Waals surface area contributed by atoms with Gasteiger partial charge in [-0.25, -0.2) is 4.98 Å². The molecular weight excluding hydrogens is 296 g/mol. The van der Waals surface area contributed by atoms with Crippen molar-refractivity contribution in [2.24, 2.45) is 0 Å². The minimum Gasteiger partial charge on any atom is -0.493 e. The molecule has 118 valence electrons. The Morgan fingerprint density at radius 1 is 0.870 bits per heavy atom. The molecule has 0 unspecified atom stereocenters. The number of benzene rings is 1. The van der Waals surface area contributed by atoms with E-state index in [1.54, 1.807) is 52.1 Å². The van der Waals surface area contributed by atoms with Crippen molar-refractivity contribution in [3.05, 3.63) is 42.9 Å². The van der Waals surface area contributed by atoms with Crippen LogP contribution in [0.25, 0.3) is 22.8 Å². The van der Waals surface area contributed by atoms with Crippen LogP contribution in [0.3, 0.4) is 0 Å². The molecule has 0 atom stereocenters. The summed E-state index contributed by atoms with van der Waals surface area (Å²) in [4.78, 5) is 8.32. The van der Waals surface area contributed by atoms with Crippen molar-refractivity contribution in [2.45, 2.75) is 0 Å². The van der Waals surface area contributed by atoms with E-state index in [2.05, 4.69) is 9.97 Å². The Morgan fingerprint density at radius 3 is 2.09 bits per heavy atom. The van der Waals surface area contributed by atoms with Gasteiger partial charge in [-0.3, -0.25) is 4.98 Å². The number of nitrogens with zero attached hydrogens (tertiary/aromatic N) is 2. The van der Waals surface area contributed by atoms with Gasteiger partial charge in [-0.1, -0.05) is 0 Å². The van der Waals surface area contributed by atoms with Gasteiger partial charge in [0.1, 0.15) is 0 Å². The quantitative estimate of drug-likeness (QED) is 0.719. The molecule has 0 aliphatic heterocycles. The van der Waals surface area contributed by atoms with Crippen LogP contribution < -0.4 is 14.2 Å². The van der Waals surface area contributed by atoms with Crippen LogP contribution in [-0.4, -0.2) is 31.3 Å². The highest BCUT2D eigenvalue weighted by Crippen LogP contribution is 2.41. The fourth-order valence-electron chi connectivity index (χ4n) is 2.26. The fraction of sp³-hybridized carbons (Fsp3) is 0.176. The molecule has 0 aliphatic carbocycles. The summed E-state index contributed by atoms with van der Waals surface area (Å²) in [7, 11) is 4.70. The summed E-state index contributed by atoms with van der Waals surface area (Å²) in [5.74, 6) is 2.75. The van der Waals surface area contributed by atoms with E-state index in [0.717, 1.165) is 11.1 Å². The molecule has 6 nitrogen and oxygen atoms in total. The van der Waals surface area contributed by atoms with Gasteiger partial charge in [0.05, 0.1) is 27.5 Å². The van der Waals surface area contributed by atoms with Gasteiger partial charge in [-0.15, -0.1) is 0 Å². The molecule has 3 aromatic rings. The first-order valence-electron chi connectivity index (χ1n) is 6.93. The molecule has 0 fully saturated rings. The van der Waals surface area contributed by atoms with Crippen molar-refractivity contribution in [1.82, 2.24) is 9.97 Å². The Labute approximate surface area is 133 Å². The molecule has 2 heterocycles. The van der Waals surface area contributed by atoms with E-state index in [9.17, 15) is 0 Å². The molecule has 0 saturated carbocycles. The summed E-state index contributed by atoms with van der Waals surface area (Å²) >= 11 is 0. The second kappa shape index (κ2) is 6.39. The maximum Gasteiger partial charge on any atom is 0.226 e. The number of rotatable bonds is 5. The molecule has 3 rings (SSSR count). The maximum atomic E-state index is 5.84. The van der Waals surface area contributed by atoms with E-state index >= 15 is 0 Å². The van der Waals surface area contributed by atoms with Crippen molar-refractivity contribution >= 4 is 0 Å². The number of aromatic nitrogens is 2. The van der Waals surface area contributed by atoms with Crippen LogP contribution in [0.5, 0.6) is 17.2 Å². The first kappa shape index (κ1) is 14.9. The highest BCUT2D eigenvalue weighted by atomic mass is 16.5. The summed E-state index contributed by atoms with van der Waals surface area (Å²) in [5, 5.41) is 0. The smallest absolute Gasteiger partial charge is 0.226 e. The van der Waals surface area contributed by atoms with Gasteiger partial charge >= 0.3 is 0 Å². The molecule has 6 heteroatoms. The van der Waals surface area contributed by atoms with Crippen molar-refractivity contribution in [2.75, 3.05) is 21.3 Å². The zero-order valence-electron chi connectivity index (χ0n) is 13.1. The lowest BCUT2D eigenvalue weighted by Gasteiger charge is -2.12. The monoisotopic (exact) mass is 312 g/mol.